The van der Waals surface area contributed by atoms with Crippen molar-refractivity contribution in [1.29, 1.82) is 0 Å². The number of nitrogens with one attached hydrogen (secondary N) is 1. The minimum Gasteiger partial charge on any atom is -0.481 e. The third-order valence-corrected chi connectivity index (χ3v) is 8.19. The number of rotatable bonds is 10. The number of furan rings is 1. The smallest absolute Gasteiger partial charge is 0.339 e. The first-order valence-electron chi connectivity index (χ1n) is 14.1. The number of benzene rings is 1. The summed E-state index contributed by atoms with van der Waals surface area (Å²) in [5, 5.41) is 13.5. The maximum atomic E-state index is 13.1. The highest BCUT2D eigenvalue weighted by molar-refractivity contribution is 5.97. The molecule has 9 heteroatoms. The van der Waals surface area contributed by atoms with Gasteiger partial charge in [-0.2, -0.15) is 0 Å². The Morgan fingerprint density at radius 2 is 1.79 bits per heavy atom. The zero-order chi connectivity index (χ0) is 27.5. The third-order valence-electron chi connectivity index (χ3n) is 8.19. The number of likely N-dealkylation sites (tertiary alicyclic amines) is 1. The second kappa shape index (κ2) is 11.6. The van der Waals surface area contributed by atoms with Crippen LogP contribution in [0, 0.1) is 6.92 Å². The molecule has 0 saturated carbocycles. The fourth-order valence-electron chi connectivity index (χ4n) is 6.05. The van der Waals surface area contributed by atoms with Gasteiger partial charge in [0.1, 0.15) is 23.0 Å². The van der Waals surface area contributed by atoms with E-state index in [-0.39, 0.29) is 31.1 Å². The maximum Gasteiger partial charge on any atom is 0.339 e. The number of carboxylic acid groups (broad SMARTS) is 1. The fourth-order valence-corrected chi connectivity index (χ4v) is 6.05. The lowest BCUT2D eigenvalue weighted by molar-refractivity contribution is -0.138. The molecule has 1 aliphatic carbocycles. The predicted octanol–water partition coefficient (Wildman–Crippen LogP) is 4.41. The summed E-state index contributed by atoms with van der Waals surface area (Å²) in [6.45, 7) is 2.88. The monoisotopic (exact) mass is 536 g/mol. The van der Waals surface area contributed by atoms with Crippen molar-refractivity contribution in [3.8, 4) is 0 Å². The van der Waals surface area contributed by atoms with E-state index in [2.05, 4.69) is 11.4 Å². The fraction of sp³-hybridized carbons (Fsp3) is 0.533. The van der Waals surface area contributed by atoms with Crippen LogP contribution < -0.4 is 10.9 Å². The summed E-state index contributed by atoms with van der Waals surface area (Å²) in [5.41, 5.74) is 3.36. The predicted molar refractivity (Wildman–Crippen MR) is 146 cm³/mol. The lowest BCUT2D eigenvalue weighted by atomic mass is 9.94. The Morgan fingerprint density at radius 3 is 2.62 bits per heavy atom. The summed E-state index contributed by atoms with van der Waals surface area (Å²) in [6, 6.07) is 3.36. The van der Waals surface area contributed by atoms with Crippen molar-refractivity contribution in [3.05, 3.63) is 45.0 Å². The van der Waals surface area contributed by atoms with Gasteiger partial charge < -0.3 is 24.2 Å². The molecular weight excluding hydrogens is 500 g/mol. The summed E-state index contributed by atoms with van der Waals surface area (Å²) in [6.07, 6.45) is 8.04. The molecule has 1 aromatic carbocycles. The molecule has 39 heavy (non-hydrogen) atoms. The molecule has 1 fully saturated rings. The number of aryl methyl sites for hydroxylation is 3. The van der Waals surface area contributed by atoms with Gasteiger partial charge in [-0.05, 0) is 69.9 Å². The largest absolute Gasteiger partial charge is 0.481 e. The molecule has 208 valence electrons. The molecule has 2 N–H and O–H groups in total. The van der Waals surface area contributed by atoms with E-state index in [1.54, 1.807) is 4.90 Å². The Balaban J connectivity index is 1.24. The topological polar surface area (TPSA) is 130 Å². The van der Waals surface area contributed by atoms with Gasteiger partial charge in [-0.15, -0.1) is 0 Å². The zero-order valence-electron chi connectivity index (χ0n) is 22.5. The van der Waals surface area contributed by atoms with E-state index in [0.717, 1.165) is 66.2 Å². The molecule has 2 aromatic heterocycles. The molecule has 5 rings (SSSR count). The number of carboxylic acids is 1. The standard InChI is InChI=1S/C30H36N2O7/c1-18-19(30(37)39-25-17-26-22(16-21(18)25)20-8-4-5-10-24(20)38-26)12-13-27(33)32-15-7-9-23(32)29(36)31-14-6-2-3-11-28(34)35/h16-17,23H,2-15H2,1H3,(H,31,36)(H,34,35)/t23-/m0/s1. The van der Waals surface area contributed by atoms with Crippen molar-refractivity contribution in [3.63, 3.8) is 0 Å². The van der Waals surface area contributed by atoms with E-state index in [1.165, 1.54) is 5.56 Å². The highest BCUT2D eigenvalue weighted by Gasteiger charge is 2.33. The van der Waals surface area contributed by atoms with E-state index >= 15 is 0 Å². The molecule has 1 atom stereocenters. The molecule has 2 aliphatic rings. The van der Waals surface area contributed by atoms with Gasteiger partial charge in [0.05, 0.1) is 0 Å². The normalized spacial score (nSPS) is 17.1. The van der Waals surface area contributed by atoms with Crippen molar-refractivity contribution < 1.29 is 28.3 Å². The summed E-state index contributed by atoms with van der Waals surface area (Å²) >= 11 is 0. The van der Waals surface area contributed by atoms with Gasteiger partial charge in [0.25, 0.3) is 0 Å². The first-order chi connectivity index (χ1) is 18.8. The second-order valence-corrected chi connectivity index (χ2v) is 10.8. The number of carbonyl (C=O) groups is 3. The Hall–Kier alpha value is -3.62. The third kappa shape index (κ3) is 5.72. The number of fused-ring (bicyclic) bond motifs is 4. The highest BCUT2D eigenvalue weighted by Crippen LogP contribution is 2.35. The molecule has 0 unspecified atom stereocenters. The van der Waals surface area contributed by atoms with Crippen LogP contribution in [0.3, 0.4) is 0 Å². The number of nitrogens with zero attached hydrogens (tertiary/aromatic N) is 1. The lowest BCUT2D eigenvalue weighted by Crippen LogP contribution is -2.46. The lowest BCUT2D eigenvalue weighted by Gasteiger charge is -2.24. The van der Waals surface area contributed by atoms with E-state index in [4.69, 9.17) is 13.9 Å². The van der Waals surface area contributed by atoms with Crippen LogP contribution in [0.2, 0.25) is 0 Å². The number of aliphatic carboxylic acids is 1. The van der Waals surface area contributed by atoms with Crippen LogP contribution in [0.5, 0.6) is 0 Å². The van der Waals surface area contributed by atoms with Crippen LogP contribution in [-0.4, -0.2) is 46.9 Å². The zero-order valence-corrected chi connectivity index (χ0v) is 22.5. The summed E-state index contributed by atoms with van der Waals surface area (Å²) in [5.74, 6) is -0.107. The van der Waals surface area contributed by atoms with Crippen LogP contribution in [0.15, 0.2) is 25.8 Å². The number of unbranched alkanes of at least 4 members (excludes halogenated alkanes) is 2. The first-order valence-corrected chi connectivity index (χ1v) is 14.1. The molecule has 1 saturated heterocycles. The van der Waals surface area contributed by atoms with Gasteiger partial charge in [0, 0.05) is 60.3 Å². The van der Waals surface area contributed by atoms with Crippen molar-refractivity contribution in [2.45, 2.75) is 90.0 Å². The molecule has 0 spiro atoms. The molecule has 0 bridgehead atoms. The van der Waals surface area contributed by atoms with E-state index < -0.39 is 17.6 Å². The number of hydrogen-bond acceptors (Lipinski definition) is 6. The molecule has 3 heterocycles. The average Bonchev–Trinajstić information content (AvgIpc) is 3.54. The average molecular weight is 537 g/mol. The van der Waals surface area contributed by atoms with Crippen molar-refractivity contribution in [2.75, 3.05) is 13.1 Å². The summed E-state index contributed by atoms with van der Waals surface area (Å²) in [7, 11) is 0. The SMILES string of the molecule is Cc1c(CCC(=O)N2CCC[C@H]2C(=O)NCCCCCC(=O)O)c(=O)oc2cc3oc4c(c3cc12)CCCC4. The Kier molecular flexibility index (Phi) is 8.04. The molecule has 0 radical (unpaired) electrons. The molecule has 9 nitrogen and oxygen atoms in total. The van der Waals surface area contributed by atoms with Crippen LogP contribution in [0.1, 0.15) is 80.2 Å². The Labute approximate surface area is 226 Å². The Morgan fingerprint density at radius 1 is 1.00 bits per heavy atom. The molecule has 1 aliphatic heterocycles. The van der Waals surface area contributed by atoms with Gasteiger partial charge in [-0.1, -0.05) is 6.42 Å². The number of amides is 2. The van der Waals surface area contributed by atoms with Crippen LogP contribution in [-0.2, 0) is 33.6 Å². The van der Waals surface area contributed by atoms with Gasteiger partial charge in [-0.25, -0.2) is 4.79 Å². The van der Waals surface area contributed by atoms with E-state index in [0.29, 0.717) is 43.5 Å². The minimum atomic E-state index is -0.815. The molecular formula is C30H36N2O7. The van der Waals surface area contributed by atoms with Gasteiger partial charge in [-0.3, -0.25) is 14.4 Å². The van der Waals surface area contributed by atoms with Gasteiger partial charge >= 0.3 is 11.6 Å². The Bertz CT molecular complexity index is 1470. The molecule has 2 amide bonds. The van der Waals surface area contributed by atoms with Crippen molar-refractivity contribution in [1.82, 2.24) is 10.2 Å². The number of hydrogen-bond donors (Lipinski definition) is 2. The molecule has 3 aromatic rings. The summed E-state index contributed by atoms with van der Waals surface area (Å²) < 4.78 is 11.7. The van der Waals surface area contributed by atoms with Crippen molar-refractivity contribution >= 4 is 39.7 Å². The number of carbonyl (C=O) groups excluding carboxylic acids is 2. The quantitative estimate of drug-likeness (QED) is 0.290. The van der Waals surface area contributed by atoms with Gasteiger partial charge in [0.2, 0.25) is 11.8 Å². The van der Waals surface area contributed by atoms with Crippen LogP contribution >= 0.6 is 0 Å². The first kappa shape index (κ1) is 27.0. The van der Waals surface area contributed by atoms with Crippen LogP contribution in [0.4, 0.5) is 0 Å². The summed E-state index contributed by atoms with van der Waals surface area (Å²) in [4.78, 5) is 51.0. The van der Waals surface area contributed by atoms with Crippen LogP contribution in [0.25, 0.3) is 21.9 Å². The van der Waals surface area contributed by atoms with E-state index in [9.17, 15) is 19.2 Å². The second-order valence-electron chi connectivity index (χ2n) is 10.8. The minimum absolute atomic E-state index is 0.124. The van der Waals surface area contributed by atoms with Crippen molar-refractivity contribution in [2.24, 2.45) is 0 Å². The van der Waals surface area contributed by atoms with E-state index in [1.807, 2.05) is 13.0 Å². The van der Waals surface area contributed by atoms with Gasteiger partial charge in [0.15, 0.2) is 0 Å². The highest BCUT2D eigenvalue weighted by atomic mass is 16.4. The maximum absolute atomic E-state index is 13.1.